The third-order valence-corrected chi connectivity index (χ3v) is 11.3. The molecular weight excluding hydrogens is 683 g/mol. The second kappa shape index (κ2) is 11.9. The van der Waals surface area contributed by atoms with Crippen molar-refractivity contribution < 1.29 is 0 Å². The summed E-state index contributed by atoms with van der Waals surface area (Å²) in [5, 5.41) is 10.4. The number of imidazole rings is 1. The van der Waals surface area contributed by atoms with Crippen LogP contribution >= 0.6 is 0 Å². The maximum atomic E-state index is 5.47. The van der Waals surface area contributed by atoms with E-state index in [9.17, 15) is 0 Å². The fraction of sp³-hybridized carbons (Fsp3) is 0. The minimum absolute atomic E-state index is 0.635. The van der Waals surface area contributed by atoms with Crippen molar-refractivity contribution in [2.75, 3.05) is 0 Å². The number of rotatable bonds is 4. The Hall–Kier alpha value is -7.63. The van der Waals surface area contributed by atoms with E-state index < -0.39 is 0 Å². The summed E-state index contributed by atoms with van der Waals surface area (Å²) in [5.74, 6) is 1.54. The Bertz CT molecular complexity index is 3510. The highest BCUT2D eigenvalue weighted by Gasteiger charge is 2.25. The molecule has 0 bridgehead atoms. The van der Waals surface area contributed by atoms with Crippen molar-refractivity contribution >= 4 is 76.1 Å². The van der Waals surface area contributed by atoms with Gasteiger partial charge >= 0.3 is 0 Å². The van der Waals surface area contributed by atoms with E-state index in [4.69, 9.17) is 15.0 Å². The quantitative estimate of drug-likeness (QED) is 0.171. The Balaban J connectivity index is 1.34. The summed E-state index contributed by atoms with van der Waals surface area (Å²) in [5.41, 5.74) is 9.10. The van der Waals surface area contributed by atoms with E-state index in [2.05, 4.69) is 191 Å². The number of nitrogens with zero attached hydrogens (tertiary/aromatic N) is 5. The maximum Gasteiger partial charge on any atom is 0.235 e. The number of para-hydroxylation sites is 3. The van der Waals surface area contributed by atoms with Crippen molar-refractivity contribution in [3.63, 3.8) is 0 Å². The van der Waals surface area contributed by atoms with Crippen LogP contribution in [0, 0.1) is 0 Å². The average molecular weight is 714 g/mol. The van der Waals surface area contributed by atoms with Gasteiger partial charge in [-0.25, -0.2) is 15.0 Å². The van der Waals surface area contributed by atoms with E-state index in [-0.39, 0.29) is 0 Å². The Morgan fingerprint density at radius 2 is 0.875 bits per heavy atom. The van der Waals surface area contributed by atoms with Crippen molar-refractivity contribution in [1.29, 1.82) is 0 Å². The largest absolute Gasteiger partial charge is 0.292 e. The van der Waals surface area contributed by atoms with Crippen LogP contribution in [0.5, 0.6) is 0 Å². The zero-order valence-electron chi connectivity index (χ0n) is 30.1. The van der Waals surface area contributed by atoms with Gasteiger partial charge in [0.2, 0.25) is 5.95 Å². The number of benzene rings is 9. The van der Waals surface area contributed by atoms with Gasteiger partial charge in [-0.1, -0.05) is 158 Å². The highest BCUT2D eigenvalue weighted by molar-refractivity contribution is 6.37. The molecule has 0 N–H and O–H groups in total. The Morgan fingerprint density at radius 1 is 0.321 bits per heavy atom. The molecule has 0 aliphatic heterocycles. The third-order valence-electron chi connectivity index (χ3n) is 11.3. The molecule has 0 unspecified atom stereocenters. The minimum atomic E-state index is 0.635. The maximum absolute atomic E-state index is 5.47. The second-order valence-electron chi connectivity index (χ2n) is 14.4. The summed E-state index contributed by atoms with van der Waals surface area (Å²) < 4.78 is 4.66. The summed E-state index contributed by atoms with van der Waals surface area (Å²) in [6.45, 7) is 0. The molecule has 5 heteroatoms. The standard InChI is InChI=1S/C51H31N5/c1-4-16-32(17-5-1)47-41-25-12-14-26-42(41)53-51(54-47)56-44-27-15-13-24-37(44)40-29-28-38-35-22-10-11-23-36(35)39-30-31-43-49(46(39)45(38)48(40)56)55(34-20-8-3-9-21-34)50(52-43)33-18-6-2-7-19-33/h1-31H. The number of hydrogen-bond donors (Lipinski definition) is 0. The molecule has 3 aromatic heterocycles. The first-order chi connectivity index (χ1) is 27.8. The summed E-state index contributed by atoms with van der Waals surface area (Å²) >= 11 is 0. The van der Waals surface area contributed by atoms with Crippen LogP contribution in [0.2, 0.25) is 0 Å². The van der Waals surface area contributed by atoms with Crippen LogP contribution in [0.25, 0.3) is 110 Å². The summed E-state index contributed by atoms with van der Waals surface area (Å²) in [7, 11) is 0. The van der Waals surface area contributed by atoms with Crippen LogP contribution in [-0.4, -0.2) is 24.1 Å². The molecule has 0 aliphatic rings. The molecule has 56 heavy (non-hydrogen) atoms. The monoisotopic (exact) mass is 713 g/mol. The number of aromatic nitrogens is 5. The number of fused-ring (bicyclic) bond motifs is 13. The molecule has 5 nitrogen and oxygen atoms in total. The highest BCUT2D eigenvalue weighted by Crippen LogP contribution is 2.46. The average Bonchev–Trinajstić information content (AvgIpc) is 3.84. The van der Waals surface area contributed by atoms with Gasteiger partial charge in [0.1, 0.15) is 5.82 Å². The van der Waals surface area contributed by atoms with Crippen LogP contribution in [0.4, 0.5) is 0 Å². The molecule has 0 amide bonds. The zero-order valence-corrected chi connectivity index (χ0v) is 30.1. The molecule has 0 fully saturated rings. The predicted molar refractivity (Wildman–Crippen MR) is 232 cm³/mol. The minimum Gasteiger partial charge on any atom is -0.292 e. The fourth-order valence-electron chi connectivity index (χ4n) is 8.93. The first-order valence-electron chi connectivity index (χ1n) is 19.0. The van der Waals surface area contributed by atoms with Gasteiger partial charge in [0.05, 0.1) is 33.3 Å². The van der Waals surface area contributed by atoms with E-state index in [1.165, 1.54) is 21.5 Å². The van der Waals surface area contributed by atoms with Gasteiger partial charge in [-0.3, -0.25) is 9.13 Å². The molecule has 0 atom stereocenters. The van der Waals surface area contributed by atoms with Crippen molar-refractivity contribution in [3.8, 4) is 34.3 Å². The molecule has 12 aromatic rings. The van der Waals surface area contributed by atoms with Crippen LogP contribution in [-0.2, 0) is 0 Å². The lowest BCUT2D eigenvalue weighted by Gasteiger charge is -2.17. The lowest BCUT2D eigenvalue weighted by atomic mass is 9.92. The Morgan fingerprint density at radius 3 is 1.61 bits per heavy atom. The summed E-state index contributed by atoms with van der Waals surface area (Å²) in [4.78, 5) is 16.2. The predicted octanol–water partition coefficient (Wildman–Crippen LogP) is 12.9. The Kier molecular flexibility index (Phi) is 6.56. The van der Waals surface area contributed by atoms with E-state index in [0.717, 1.165) is 82.8 Å². The summed E-state index contributed by atoms with van der Waals surface area (Å²) in [6.07, 6.45) is 0. The van der Waals surface area contributed by atoms with Crippen LogP contribution in [0.3, 0.4) is 0 Å². The third kappa shape index (κ3) is 4.39. The van der Waals surface area contributed by atoms with E-state index in [1.807, 2.05) is 6.07 Å². The topological polar surface area (TPSA) is 48.5 Å². The van der Waals surface area contributed by atoms with Gasteiger partial charge in [0, 0.05) is 43.7 Å². The normalized spacial score (nSPS) is 11.9. The van der Waals surface area contributed by atoms with Gasteiger partial charge in [-0.2, -0.15) is 0 Å². The number of hydrogen-bond acceptors (Lipinski definition) is 3. The Labute approximate surface area is 321 Å². The van der Waals surface area contributed by atoms with Crippen LogP contribution in [0.15, 0.2) is 188 Å². The van der Waals surface area contributed by atoms with Crippen molar-refractivity contribution in [1.82, 2.24) is 24.1 Å². The lowest BCUT2D eigenvalue weighted by Crippen LogP contribution is -2.04. The van der Waals surface area contributed by atoms with E-state index in [0.29, 0.717) is 5.95 Å². The fourth-order valence-corrected chi connectivity index (χ4v) is 8.93. The SMILES string of the molecule is c1ccc(-c2nc(-n3c4ccccc4c4ccc5c6ccccc6c6ccc7nc(-c8ccccc8)n(-c8ccccc8)c7c6c5c43)nc3ccccc23)cc1. The van der Waals surface area contributed by atoms with Gasteiger partial charge in [-0.05, 0) is 51.9 Å². The van der Waals surface area contributed by atoms with Crippen LogP contribution < -0.4 is 0 Å². The molecule has 3 heterocycles. The van der Waals surface area contributed by atoms with Crippen LogP contribution in [0.1, 0.15) is 0 Å². The van der Waals surface area contributed by atoms with Crippen molar-refractivity contribution in [2.24, 2.45) is 0 Å². The molecule has 260 valence electrons. The molecule has 12 rings (SSSR count). The van der Waals surface area contributed by atoms with Gasteiger partial charge in [0.15, 0.2) is 0 Å². The molecule has 0 spiro atoms. The lowest BCUT2D eigenvalue weighted by molar-refractivity contribution is 1.02. The van der Waals surface area contributed by atoms with E-state index in [1.54, 1.807) is 0 Å². The smallest absolute Gasteiger partial charge is 0.235 e. The second-order valence-corrected chi connectivity index (χ2v) is 14.4. The highest BCUT2D eigenvalue weighted by atomic mass is 15.2. The van der Waals surface area contributed by atoms with Gasteiger partial charge in [0.25, 0.3) is 0 Å². The first kappa shape index (κ1) is 30.8. The molecule has 0 saturated heterocycles. The summed E-state index contributed by atoms with van der Waals surface area (Å²) in [6, 6.07) is 66.4. The first-order valence-corrected chi connectivity index (χ1v) is 19.0. The van der Waals surface area contributed by atoms with Crippen molar-refractivity contribution in [3.05, 3.63) is 188 Å². The molecule has 0 saturated carbocycles. The molecule has 0 radical (unpaired) electrons. The molecule has 9 aromatic carbocycles. The van der Waals surface area contributed by atoms with E-state index >= 15 is 0 Å². The van der Waals surface area contributed by atoms with Gasteiger partial charge in [-0.15, -0.1) is 0 Å². The molecular formula is C51H31N5. The molecule has 0 aliphatic carbocycles. The van der Waals surface area contributed by atoms with Gasteiger partial charge < -0.3 is 0 Å². The van der Waals surface area contributed by atoms with Crippen molar-refractivity contribution in [2.45, 2.75) is 0 Å². The zero-order chi connectivity index (χ0) is 36.7.